The van der Waals surface area contributed by atoms with Crippen LogP contribution in [0.5, 0.6) is 0 Å². The molecule has 2 aromatic carbocycles. The number of halogens is 2. The molecule has 0 saturated heterocycles. The summed E-state index contributed by atoms with van der Waals surface area (Å²) in [4.78, 5) is 34.5. The first-order valence-corrected chi connectivity index (χ1v) is 13.8. The number of aromatic nitrogens is 5. The second-order valence-electron chi connectivity index (χ2n) is 7.43. The van der Waals surface area contributed by atoms with Gasteiger partial charge in [0.1, 0.15) is 10.6 Å². The quantitative estimate of drug-likeness (QED) is 0.139. The van der Waals surface area contributed by atoms with Crippen molar-refractivity contribution >= 4 is 72.4 Å². The Hall–Kier alpha value is -4.27. The Morgan fingerprint density at radius 3 is 2.10 bits per heavy atom. The smallest absolute Gasteiger partial charge is 0.356 e. The van der Waals surface area contributed by atoms with Gasteiger partial charge in [-0.15, -0.1) is 10.2 Å². The minimum Gasteiger partial charge on any atom is -0.476 e. The van der Waals surface area contributed by atoms with E-state index in [1.165, 1.54) is 6.07 Å². The second-order valence-corrected chi connectivity index (χ2v) is 10.9. The second kappa shape index (κ2) is 10.7. The lowest BCUT2D eigenvalue weighted by Gasteiger charge is -2.08. The predicted octanol–water partition coefficient (Wildman–Crippen LogP) is 3.01. The van der Waals surface area contributed by atoms with Crippen LogP contribution >= 0.6 is 23.2 Å². The summed E-state index contributed by atoms with van der Waals surface area (Å²) >= 11 is 11.4. The van der Waals surface area contributed by atoms with Crippen LogP contribution < -0.4 is 10.9 Å². The minimum atomic E-state index is -4.94. The lowest BCUT2D eigenvalue weighted by molar-refractivity contribution is 0.0690. The van der Waals surface area contributed by atoms with E-state index in [4.69, 9.17) is 27.8 Å². The lowest BCUT2D eigenvalue weighted by atomic mass is 10.3. The molecule has 0 aliphatic carbocycles. The third kappa shape index (κ3) is 6.30. The number of carbonyl (C=O) groups is 1. The van der Waals surface area contributed by atoms with Gasteiger partial charge in [-0.3, -0.25) is 19.0 Å². The van der Waals surface area contributed by atoms with Crippen molar-refractivity contribution in [3.8, 4) is 5.69 Å². The van der Waals surface area contributed by atoms with Gasteiger partial charge in [-0.1, -0.05) is 0 Å². The number of aromatic amines is 1. The molecule has 0 spiro atoms. The molecule has 0 saturated carbocycles. The number of rotatable bonds is 8. The van der Waals surface area contributed by atoms with Gasteiger partial charge in [-0.25, -0.2) is 9.48 Å². The summed E-state index contributed by atoms with van der Waals surface area (Å²) in [6.07, 6.45) is 0. The van der Waals surface area contributed by atoms with Gasteiger partial charge in [0, 0.05) is 5.69 Å². The van der Waals surface area contributed by atoms with Gasteiger partial charge in [-0.2, -0.15) is 31.8 Å². The van der Waals surface area contributed by atoms with Crippen molar-refractivity contribution in [1.82, 2.24) is 24.7 Å². The van der Waals surface area contributed by atoms with E-state index in [2.05, 4.69) is 35.6 Å². The summed E-state index contributed by atoms with van der Waals surface area (Å²) in [5.41, 5.74) is -3.06. The van der Waals surface area contributed by atoms with E-state index in [-0.39, 0.29) is 27.9 Å². The van der Waals surface area contributed by atoms with Crippen molar-refractivity contribution in [2.45, 2.75) is 9.79 Å². The molecule has 2 aromatic heterocycles. The molecule has 0 bridgehead atoms. The van der Waals surface area contributed by atoms with E-state index in [0.717, 1.165) is 36.4 Å². The van der Waals surface area contributed by atoms with Gasteiger partial charge in [0.15, 0.2) is 11.4 Å². The van der Waals surface area contributed by atoms with Gasteiger partial charge in [-0.05, 0) is 65.7 Å². The zero-order chi connectivity index (χ0) is 29.4. The Morgan fingerprint density at radius 1 is 0.925 bits per heavy atom. The highest BCUT2D eigenvalue weighted by molar-refractivity contribution is 7.86. The largest absolute Gasteiger partial charge is 0.476 e. The Kier molecular flexibility index (Phi) is 7.70. The summed E-state index contributed by atoms with van der Waals surface area (Å²) in [6.45, 7) is 0. The van der Waals surface area contributed by atoms with Crippen LogP contribution in [0.3, 0.4) is 0 Å². The number of azo groups is 1. The molecule has 0 aliphatic heterocycles. The number of benzene rings is 2. The third-order valence-electron chi connectivity index (χ3n) is 4.81. The molecule has 40 heavy (non-hydrogen) atoms. The van der Waals surface area contributed by atoms with E-state index in [1.54, 1.807) is 0 Å². The van der Waals surface area contributed by atoms with Gasteiger partial charge < -0.3 is 10.4 Å². The lowest BCUT2D eigenvalue weighted by Crippen LogP contribution is -2.14. The van der Waals surface area contributed by atoms with Gasteiger partial charge in [0.05, 0.1) is 10.6 Å². The first-order chi connectivity index (χ1) is 18.6. The topological polar surface area (TPSA) is 259 Å². The van der Waals surface area contributed by atoms with Crippen molar-refractivity contribution < 1.29 is 35.8 Å². The van der Waals surface area contributed by atoms with Crippen molar-refractivity contribution in [1.29, 1.82) is 0 Å². The van der Waals surface area contributed by atoms with Crippen LogP contribution in [0, 0.1) is 0 Å². The zero-order valence-electron chi connectivity index (χ0n) is 19.1. The molecule has 0 atom stereocenters. The predicted molar refractivity (Wildman–Crippen MR) is 137 cm³/mol. The summed E-state index contributed by atoms with van der Waals surface area (Å²) < 4.78 is 66.0. The molecule has 5 N–H and O–H groups in total. The molecule has 0 unspecified atom stereocenters. The number of aromatic carboxylic acids is 1. The molecule has 0 fully saturated rings. The van der Waals surface area contributed by atoms with Crippen LogP contribution in [0.1, 0.15) is 10.5 Å². The molecule has 0 radical (unpaired) electrons. The molecule has 17 nitrogen and oxygen atoms in total. The van der Waals surface area contributed by atoms with E-state index in [1.807, 2.05) is 0 Å². The first kappa shape index (κ1) is 28.7. The van der Waals surface area contributed by atoms with Crippen LogP contribution in [-0.2, 0) is 20.2 Å². The fourth-order valence-electron chi connectivity index (χ4n) is 3.12. The standard InChI is InChI=1S/C19H12Cl2N8O9S2/c20-17-23-18(21)25-19(24-17)22-8-1-6-11(12(7-8)40(36,37)38)26-27-13-14(16(31)32)28-29(15(13)30)9-2-4-10(5-3-9)39(33,34)35/h1-7,28H,(H,31,32)(H,33,34,35)(H,36,37,38)(H,22,23,24,25). The van der Waals surface area contributed by atoms with E-state index in [9.17, 15) is 36.1 Å². The molecule has 2 heterocycles. The molecule has 4 aromatic rings. The maximum Gasteiger partial charge on any atom is 0.356 e. The van der Waals surface area contributed by atoms with Crippen LogP contribution in [0.4, 0.5) is 23.0 Å². The van der Waals surface area contributed by atoms with Gasteiger partial charge in [0.25, 0.3) is 25.8 Å². The molecular formula is C19H12Cl2N8O9S2. The van der Waals surface area contributed by atoms with E-state index >= 15 is 0 Å². The van der Waals surface area contributed by atoms with Gasteiger partial charge >= 0.3 is 5.97 Å². The van der Waals surface area contributed by atoms with Crippen LogP contribution in [0.15, 0.2) is 67.3 Å². The van der Waals surface area contributed by atoms with Crippen molar-refractivity contribution in [3.05, 3.63) is 69.1 Å². The highest BCUT2D eigenvalue weighted by atomic mass is 35.5. The normalized spacial score (nSPS) is 12.1. The van der Waals surface area contributed by atoms with Crippen LogP contribution in [0.25, 0.3) is 5.69 Å². The summed E-state index contributed by atoms with van der Waals surface area (Å²) in [6, 6.07) is 7.38. The summed E-state index contributed by atoms with van der Waals surface area (Å²) in [7, 11) is -9.46. The Balaban J connectivity index is 1.74. The number of nitrogens with one attached hydrogen (secondary N) is 2. The van der Waals surface area contributed by atoms with Crippen molar-refractivity contribution in [3.63, 3.8) is 0 Å². The Morgan fingerprint density at radius 2 is 1.55 bits per heavy atom. The first-order valence-electron chi connectivity index (χ1n) is 10.2. The molecule has 4 rings (SSSR count). The summed E-state index contributed by atoms with van der Waals surface area (Å²) in [5.74, 6) is -1.80. The van der Waals surface area contributed by atoms with E-state index in [0.29, 0.717) is 4.68 Å². The SMILES string of the molecule is O=C(O)c1[nH]n(-c2ccc(S(=O)(=O)O)cc2)c(=O)c1N=Nc1ccc(Nc2nc(Cl)nc(Cl)n2)cc1S(=O)(=O)O. The van der Waals surface area contributed by atoms with Crippen LogP contribution in [-0.4, -0.2) is 61.7 Å². The summed E-state index contributed by atoms with van der Waals surface area (Å²) in [5, 5.41) is 21.1. The third-order valence-corrected chi connectivity index (χ3v) is 6.89. The minimum absolute atomic E-state index is 0.0217. The number of H-pyrrole nitrogens is 1. The average molecular weight is 631 g/mol. The highest BCUT2D eigenvalue weighted by Gasteiger charge is 2.22. The maximum atomic E-state index is 12.9. The van der Waals surface area contributed by atoms with E-state index < -0.39 is 58.6 Å². The Bertz CT molecular complexity index is 1940. The molecule has 0 amide bonds. The zero-order valence-corrected chi connectivity index (χ0v) is 22.2. The monoisotopic (exact) mass is 630 g/mol. The highest BCUT2D eigenvalue weighted by Crippen LogP contribution is 2.30. The number of hydrogen-bond acceptors (Lipinski definition) is 12. The number of anilines is 2. The number of nitrogens with zero attached hydrogens (tertiary/aromatic N) is 6. The average Bonchev–Trinajstić information content (AvgIpc) is 3.18. The molecule has 21 heteroatoms. The van der Waals surface area contributed by atoms with Crippen molar-refractivity contribution in [2.75, 3.05) is 5.32 Å². The Labute approximate surface area is 232 Å². The number of carboxylic acids is 1. The fraction of sp³-hybridized carbons (Fsp3) is 0. The molecule has 208 valence electrons. The number of hydrogen-bond donors (Lipinski definition) is 5. The maximum absolute atomic E-state index is 12.9. The van der Waals surface area contributed by atoms with Gasteiger partial charge in [0.2, 0.25) is 16.5 Å². The molecule has 0 aliphatic rings. The van der Waals surface area contributed by atoms with Crippen molar-refractivity contribution in [2.24, 2.45) is 10.2 Å². The van der Waals surface area contributed by atoms with Crippen LogP contribution in [0.2, 0.25) is 10.6 Å². The fourth-order valence-corrected chi connectivity index (χ4v) is 4.61. The molecular weight excluding hydrogens is 619 g/mol. The number of carboxylic acid groups (broad SMARTS) is 1.